The smallest absolute Gasteiger partial charge is 0.221 e. The second-order valence-corrected chi connectivity index (χ2v) is 9.43. The van der Waals surface area contributed by atoms with Crippen molar-refractivity contribution in [1.82, 2.24) is 29.9 Å². The number of hydrogen-bond donors (Lipinski definition) is 2. The minimum Gasteiger partial charge on any atom is -0.356 e. The van der Waals surface area contributed by atoms with Crippen LogP contribution in [0.5, 0.6) is 0 Å². The zero-order chi connectivity index (χ0) is 23.9. The van der Waals surface area contributed by atoms with Gasteiger partial charge in [0.1, 0.15) is 0 Å². The van der Waals surface area contributed by atoms with E-state index in [4.69, 9.17) is 12.2 Å². The van der Waals surface area contributed by atoms with Gasteiger partial charge in [-0.05, 0) is 38.2 Å². The molecule has 2 heterocycles. The third-order valence-corrected chi connectivity index (χ3v) is 6.77. The predicted molar refractivity (Wildman–Crippen MR) is 138 cm³/mol. The van der Waals surface area contributed by atoms with Crippen molar-refractivity contribution in [3.8, 4) is 11.4 Å². The second kappa shape index (κ2) is 11.6. The number of aromatic nitrogens is 3. The van der Waals surface area contributed by atoms with E-state index in [2.05, 4.69) is 69.6 Å². The minimum atomic E-state index is 0.0379. The number of benzene rings is 2. The fourth-order valence-corrected chi connectivity index (χ4v) is 4.70. The normalized spacial score (nSPS) is 17.1. The number of likely N-dealkylation sites (N-methyl/N-ethyl adjacent to an activating group) is 1. The highest BCUT2D eigenvalue weighted by molar-refractivity contribution is 7.71. The number of amides is 1. The Kier molecular flexibility index (Phi) is 8.26. The summed E-state index contributed by atoms with van der Waals surface area (Å²) >= 11 is 5.39. The molecule has 1 aliphatic heterocycles. The second-order valence-electron chi connectivity index (χ2n) is 9.05. The summed E-state index contributed by atoms with van der Waals surface area (Å²) in [6.07, 6.45) is 1.30. The lowest BCUT2D eigenvalue weighted by Gasteiger charge is -2.40. The Balaban J connectivity index is 1.25. The average Bonchev–Trinajstić information content (AvgIpc) is 3.22. The Morgan fingerprint density at radius 1 is 1.12 bits per heavy atom. The summed E-state index contributed by atoms with van der Waals surface area (Å²) in [6, 6.07) is 19.3. The lowest BCUT2D eigenvalue weighted by Crippen LogP contribution is -2.47. The van der Waals surface area contributed by atoms with Gasteiger partial charge >= 0.3 is 0 Å². The first kappa shape index (κ1) is 24.3. The molecule has 7 nitrogen and oxygen atoms in total. The number of nitrogens with one attached hydrogen (secondary N) is 2. The third kappa shape index (κ3) is 6.20. The maximum Gasteiger partial charge on any atom is 0.221 e. The molecule has 0 aliphatic carbocycles. The minimum absolute atomic E-state index is 0.0379. The molecule has 1 aromatic heterocycles. The molecule has 34 heavy (non-hydrogen) atoms. The quantitative estimate of drug-likeness (QED) is 0.362. The van der Waals surface area contributed by atoms with Crippen molar-refractivity contribution in [2.75, 3.05) is 39.8 Å². The first-order chi connectivity index (χ1) is 16.5. The van der Waals surface area contributed by atoms with Crippen LogP contribution >= 0.6 is 12.2 Å². The Hall–Kier alpha value is -2.81. The maximum atomic E-state index is 12.5. The van der Waals surface area contributed by atoms with Gasteiger partial charge in [0.05, 0.1) is 0 Å². The van der Waals surface area contributed by atoms with E-state index < -0.39 is 0 Å². The van der Waals surface area contributed by atoms with Crippen LogP contribution in [0.4, 0.5) is 0 Å². The van der Waals surface area contributed by atoms with Crippen LogP contribution in [0.15, 0.2) is 54.6 Å². The van der Waals surface area contributed by atoms with E-state index in [0.29, 0.717) is 30.3 Å². The van der Waals surface area contributed by atoms with Gasteiger partial charge in [0.15, 0.2) is 10.6 Å². The van der Waals surface area contributed by atoms with Gasteiger partial charge in [0.2, 0.25) is 5.91 Å². The summed E-state index contributed by atoms with van der Waals surface area (Å²) in [7, 11) is 2.18. The van der Waals surface area contributed by atoms with Crippen molar-refractivity contribution >= 4 is 18.1 Å². The van der Waals surface area contributed by atoms with Gasteiger partial charge in [0.25, 0.3) is 0 Å². The molecule has 180 valence electrons. The van der Waals surface area contributed by atoms with Crippen molar-refractivity contribution in [3.63, 3.8) is 0 Å². The molecular formula is C26H34N6OS. The molecule has 1 unspecified atom stereocenters. The molecule has 3 aromatic rings. The van der Waals surface area contributed by atoms with Gasteiger partial charge in [-0.3, -0.25) is 19.4 Å². The molecule has 1 aliphatic rings. The van der Waals surface area contributed by atoms with Crippen molar-refractivity contribution in [2.45, 2.75) is 32.4 Å². The van der Waals surface area contributed by atoms with E-state index in [9.17, 15) is 4.79 Å². The molecule has 0 spiro atoms. The van der Waals surface area contributed by atoms with Crippen LogP contribution in [0, 0.1) is 11.7 Å². The van der Waals surface area contributed by atoms with E-state index >= 15 is 0 Å². The summed E-state index contributed by atoms with van der Waals surface area (Å²) in [4.78, 5) is 17.4. The van der Waals surface area contributed by atoms with E-state index in [1.807, 2.05) is 28.8 Å². The lowest BCUT2D eigenvalue weighted by atomic mass is 10.0. The van der Waals surface area contributed by atoms with Crippen LogP contribution in [0.1, 0.15) is 30.0 Å². The molecule has 8 heteroatoms. The van der Waals surface area contributed by atoms with Crippen LogP contribution in [0.2, 0.25) is 0 Å². The molecular weight excluding hydrogens is 444 g/mol. The summed E-state index contributed by atoms with van der Waals surface area (Å²) < 4.78 is 2.43. The largest absolute Gasteiger partial charge is 0.356 e. The van der Waals surface area contributed by atoms with Gasteiger partial charge in [-0.1, -0.05) is 60.2 Å². The van der Waals surface area contributed by atoms with Gasteiger partial charge < -0.3 is 10.2 Å². The summed E-state index contributed by atoms with van der Waals surface area (Å²) in [6.45, 7) is 7.35. The lowest BCUT2D eigenvalue weighted by molar-refractivity contribution is -0.121. The molecule has 2 N–H and O–H groups in total. The van der Waals surface area contributed by atoms with E-state index in [0.717, 1.165) is 44.0 Å². The topological polar surface area (TPSA) is 69.2 Å². The Morgan fingerprint density at radius 3 is 2.65 bits per heavy atom. The molecule has 0 saturated carbocycles. The standard InChI is InChI=1S/C26H34N6OS/c1-20-9-11-22(12-10-20)25-28-29-26(34)32(25)16-13-24(33)27-14-6-15-31-18-17-30(2)19-23(31)21-7-4-3-5-8-21/h3-5,7-12,23H,6,13-19H2,1-2H3,(H,27,33)(H,29,34). The van der Waals surface area contributed by atoms with E-state index in [1.165, 1.54) is 11.1 Å². The third-order valence-electron chi connectivity index (χ3n) is 6.45. The fraction of sp³-hybridized carbons (Fsp3) is 0.423. The summed E-state index contributed by atoms with van der Waals surface area (Å²) in [5.41, 5.74) is 3.54. The van der Waals surface area contributed by atoms with Gasteiger partial charge in [-0.15, -0.1) is 0 Å². The molecule has 1 atom stereocenters. The molecule has 0 radical (unpaired) electrons. The van der Waals surface area contributed by atoms with Gasteiger partial charge in [0, 0.05) is 57.3 Å². The van der Waals surface area contributed by atoms with Crippen LogP contribution < -0.4 is 5.32 Å². The first-order valence-electron chi connectivity index (χ1n) is 12.0. The predicted octanol–water partition coefficient (Wildman–Crippen LogP) is 3.80. The van der Waals surface area contributed by atoms with Crippen LogP contribution in [0.3, 0.4) is 0 Å². The number of carbonyl (C=O) groups excluding carboxylic acids is 1. The molecule has 4 rings (SSSR count). The zero-order valence-electron chi connectivity index (χ0n) is 20.0. The van der Waals surface area contributed by atoms with Gasteiger partial charge in [-0.2, -0.15) is 5.10 Å². The number of aromatic amines is 1. The van der Waals surface area contributed by atoms with Crippen LogP contribution in [-0.2, 0) is 11.3 Å². The number of H-pyrrole nitrogens is 1. The fourth-order valence-electron chi connectivity index (χ4n) is 4.48. The SMILES string of the molecule is Cc1ccc(-c2n[nH]c(=S)n2CCC(=O)NCCCN2CCN(C)CC2c2ccccc2)cc1. The highest BCUT2D eigenvalue weighted by Crippen LogP contribution is 2.24. The molecule has 1 fully saturated rings. The monoisotopic (exact) mass is 478 g/mol. The Labute approximate surface area is 206 Å². The number of piperazine rings is 1. The molecule has 2 aromatic carbocycles. The first-order valence-corrected chi connectivity index (χ1v) is 12.4. The van der Waals surface area contributed by atoms with Crippen molar-refractivity contribution < 1.29 is 4.79 Å². The van der Waals surface area contributed by atoms with Crippen LogP contribution in [-0.4, -0.2) is 70.2 Å². The van der Waals surface area contributed by atoms with Crippen molar-refractivity contribution in [2.24, 2.45) is 0 Å². The van der Waals surface area contributed by atoms with E-state index in [-0.39, 0.29) is 5.91 Å². The van der Waals surface area contributed by atoms with E-state index in [1.54, 1.807) is 0 Å². The number of hydrogen-bond acceptors (Lipinski definition) is 5. The Morgan fingerprint density at radius 2 is 1.88 bits per heavy atom. The summed E-state index contributed by atoms with van der Waals surface area (Å²) in [5.74, 6) is 0.802. The average molecular weight is 479 g/mol. The Bertz CT molecular complexity index is 1120. The highest BCUT2D eigenvalue weighted by Gasteiger charge is 2.25. The summed E-state index contributed by atoms with van der Waals surface area (Å²) in [5, 5.41) is 10.3. The molecule has 0 bridgehead atoms. The van der Waals surface area contributed by atoms with Crippen molar-refractivity contribution in [3.05, 3.63) is 70.5 Å². The molecule has 1 saturated heterocycles. The van der Waals surface area contributed by atoms with Gasteiger partial charge in [-0.25, -0.2) is 0 Å². The highest BCUT2D eigenvalue weighted by atomic mass is 32.1. The number of carbonyl (C=O) groups is 1. The maximum absolute atomic E-state index is 12.5. The van der Waals surface area contributed by atoms with Crippen LogP contribution in [0.25, 0.3) is 11.4 Å². The number of aryl methyl sites for hydroxylation is 1. The zero-order valence-corrected chi connectivity index (χ0v) is 20.9. The number of rotatable bonds is 9. The van der Waals surface area contributed by atoms with Crippen molar-refractivity contribution in [1.29, 1.82) is 0 Å². The number of nitrogens with zero attached hydrogens (tertiary/aromatic N) is 4. The molecule has 1 amide bonds.